The number of sulfone groups is 1. The van der Waals surface area contributed by atoms with Gasteiger partial charge >= 0.3 is 0 Å². The van der Waals surface area contributed by atoms with Crippen molar-refractivity contribution in [3.05, 3.63) is 23.2 Å². The lowest BCUT2D eigenvalue weighted by Crippen LogP contribution is -2.45. The summed E-state index contributed by atoms with van der Waals surface area (Å²) < 4.78 is 28.2. The minimum Gasteiger partial charge on any atom is -0.466 e. The number of furan rings is 1. The third-order valence-corrected chi connectivity index (χ3v) is 5.34. The highest BCUT2D eigenvalue weighted by molar-refractivity contribution is 7.91. The van der Waals surface area contributed by atoms with E-state index in [0.29, 0.717) is 13.1 Å². The fraction of sp³-hybridized carbons (Fsp3) is 0.643. The van der Waals surface area contributed by atoms with E-state index in [0.717, 1.165) is 17.1 Å². The van der Waals surface area contributed by atoms with Gasteiger partial charge in [-0.2, -0.15) is 0 Å². The highest BCUT2D eigenvalue weighted by atomic mass is 32.2. The molecule has 2 rings (SSSR count). The van der Waals surface area contributed by atoms with Gasteiger partial charge in [-0.05, 0) is 26.8 Å². The van der Waals surface area contributed by atoms with Crippen molar-refractivity contribution >= 4 is 15.7 Å². The van der Waals surface area contributed by atoms with E-state index in [1.807, 2.05) is 31.7 Å². The average Bonchev–Trinajstić information content (AvgIpc) is 2.71. The van der Waals surface area contributed by atoms with Gasteiger partial charge in [-0.25, -0.2) is 8.42 Å². The summed E-state index contributed by atoms with van der Waals surface area (Å²) >= 11 is 0. The number of aryl methyl sites for hydroxylation is 2. The van der Waals surface area contributed by atoms with Crippen molar-refractivity contribution in [2.45, 2.75) is 26.8 Å². The van der Waals surface area contributed by atoms with Gasteiger partial charge in [0.2, 0.25) is 5.91 Å². The molecule has 0 spiro atoms. The van der Waals surface area contributed by atoms with Gasteiger partial charge in [-0.1, -0.05) is 0 Å². The Labute approximate surface area is 125 Å². The Balaban J connectivity index is 1.86. The Bertz CT molecular complexity index is 607. The summed E-state index contributed by atoms with van der Waals surface area (Å²) in [5.41, 5.74) is 0.974. The highest BCUT2D eigenvalue weighted by Crippen LogP contribution is 2.21. The van der Waals surface area contributed by atoms with Crippen molar-refractivity contribution in [1.29, 1.82) is 0 Å². The van der Waals surface area contributed by atoms with Crippen molar-refractivity contribution in [3.63, 3.8) is 0 Å². The largest absolute Gasteiger partial charge is 0.466 e. The molecule has 1 aliphatic heterocycles. The molecule has 1 atom stereocenters. The Morgan fingerprint density at radius 1 is 1.38 bits per heavy atom. The van der Waals surface area contributed by atoms with Crippen LogP contribution in [0.4, 0.5) is 0 Å². The fourth-order valence-corrected chi connectivity index (χ4v) is 3.83. The van der Waals surface area contributed by atoms with Crippen molar-refractivity contribution in [2.24, 2.45) is 0 Å². The Kier molecular flexibility index (Phi) is 4.73. The summed E-state index contributed by atoms with van der Waals surface area (Å²) in [7, 11) is -2.91. The summed E-state index contributed by atoms with van der Waals surface area (Å²) in [5, 5.41) is 2.93. The van der Waals surface area contributed by atoms with Gasteiger partial charge in [0, 0.05) is 18.7 Å². The standard InChI is InChI=1S/C14H22N2O4S/c1-10-8-13(12(3)20-10)11(2)15-14(17)9-16-4-6-21(18,19)7-5-16/h8,11H,4-7,9H2,1-3H3,(H,15,17). The van der Waals surface area contributed by atoms with Crippen LogP contribution in [0.25, 0.3) is 0 Å². The second kappa shape index (κ2) is 6.19. The second-order valence-electron chi connectivity index (χ2n) is 5.59. The number of nitrogens with zero attached hydrogens (tertiary/aromatic N) is 1. The molecule has 7 heteroatoms. The molecular weight excluding hydrogens is 292 g/mol. The SMILES string of the molecule is Cc1cc(C(C)NC(=O)CN2CCS(=O)(=O)CC2)c(C)o1. The lowest BCUT2D eigenvalue weighted by atomic mass is 10.1. The Morgan fingerprint density at radius 2 is 2.00 bits per heavy atom. The van der Waals surface area contributed by atoms with E-state index in [9.17, 15) is 13.2 Å². The van der Waals surface area contributed by atoms with Crippen molar-refractivity contribution in [2.75, 3.05) is 31.1 Å². The minimum atomic E-state index is -2.91. The zero-order chi connectivity index (χ0) is 15.6. The average molecular weight is 314 g/mol. The number of rotatable bonds is 4. The Morgan fingerprint density at radius 3 is 2.52 bits per heavy atom. The summed E-state index contributed by atoms with van der Waals surface area (Å²) in [6.45, 7) is 6.74. The normalized spacial score (nSPS) is 20.1. The first-order chi connectivity index (χ1) is 9.77. The first-order valence-electron chi connectivity index (χ1n) is 7.06. The predicted octanol–water partition coefficient (Wildman–Crippen LogP) is 0.804. The van der Waals surface area contributed by atoms with E-state index in [1.54, 1.807) is 0 Å². The third kappa shape index (κ3) is 4.31. The second-order valence-corrected chi connectivity index (χ2v) is 7.89. The molecule has 1 N–H and O–H groups in total. The molecule has 1 saturated heterocycles. The molecule has 1 fully saturated rings. The van der Waals surface area contributed by atoms with Gasteiger partial charge in [0.25, 0.3) is 0 Å². The number of nitrogens with one attached hydrogen (secondary N) is 1. The van der Waals surface area contributed by atoms with E-state index in [2.05, 4.69) is 5.32 Å². The van der Waals surface area contributed by atoms with Gasteiger partial charge < -0.3 is 9.73 Å². The molecule has 1 aliphatic rings. The van der Waals surface area contributed by atoms with Gasteiger partial charge in [0.15, 0.2) is 9.84 Å². The van der Waals surface area contributed by atoms with Gasteiger partial charge in [-0.15, -0.1) is 0 Å². The van der Waals surface area contributed by atoms with E-state index in [4.69, 9.17) is 4.42 Å². The molecular formula is C14H22N2O4S. The summed E-state index contributed by atoms with van der Waals surface area (Å²) in [5.74, 6) is 1.81. The van der Waals surface area contributed by atoms with Gasteiger partial charge in [-0.3, -0.25) is 9.69 Å². The van der Waals surface area contributed by atoms with Crippen molar-refractivity contribution in [3.8, 4) is 0 Å². The molecule has 0 aliphatic carbocycles. The lowest BCUT2D eigenvalue weighted by Gasteiger charge is -2.26. The van der Waals surface area contributed by atoms with Gasteiger partial charge in [0.05, 0.1) is 24.1 Å². The Hall–Kier alpha value is -1.34. The number of carbonyl (C=O) groups is 1. The topological polar surface area (TPSA) is 79.6 Å². The lowest BCUT2D eigenvalue weighted by molar-refractivity contribution is -0.122. The first kappa shape index (κ1) is 16.0. The van der Waals surface area contributed by atoms with Crippen LogP contribution < -0.4 is 5.32 Å². The quantitative estimate of drug-likeness (QED) is 0.889. The summed E-state index contributed by atoms with van der Waals surface area (Å²) in [6, 6.07) is 1.80. The van der Waals surface area contributed by atoms with Crippen LogP contribution in [0.3, 0.4) is 0 Å². The number of carbonyl (C=O) groups excluding carboxylic acids is 1. The molecule has 1 unspecified atom stereocenters. The smallest absolute Gasteiger partial charge is 0.234 e. The fourth-order valence-electron chi connectivity index (χ4n) is 2.56. The van der Waals surface area contributed by atoms with E-state index >= 15 is 0 Å². The summed E-state index contributed by atoms with van der Waals surface area (Å²) in [6.07, 6.45) is 0. The maximum absolute atomic E-state index is 12.0. The van der Waals surface area contributed by atoms with Crippen LogP contribution in [0.5, 0.6) is 0 Å². The van der Waals surface area contributed by atoms with Crippen LogP contribution in [0.2, 0.25) is 0 Å². The molecule has 0 aromatic carbocycles. The van der Waals surface area contributed by atoms with Crippen molar-refractivity contribution < 1.29 is 17.6 Å². The van der Waals surface area contributed by atoms with E-state index in [1.165, 1.54) is 0 Å². The molecule has 2 heterocycles. The van der Waals surface area contributed by atoms with Gasteiger partial charge in [0.1, 0.15) is 11.5 Å². The molecule has 1 aromatic rings. The zero-order valence-corrected chi connectivity index (χ0v) is 13.5. The monoisotopic (exact) mass is 314 g/mol. The van der Waals surface area contributed by atoms with Crippen LogP contribution in [-0.2, 0) is 14.6 Å². The highest BCUT2D eigenvalue weighted by Gasteiger charge is 2.23. The number of hydrogen-bond acceptors (Lipinski definition) is 5. The molecule has 0 radical (unpaired) electrons. The summed E-state index contributed by atoms with van der Waals surface area (Å²) in [4.78, 5) is 13.9. The molecule has 0 bridgehead atoms. The van der Waals surface area contributed by atoms with Crippen LogP contribution >= 0.6 is 0 Å². The van der Waals surface area contributed by atoms with Crippen LogP contribution in [0.1, 0.15) is 30.0 Å². The number of amides is 1. The third-order valence-electron chi connectivity index (χ3n) is 3.73. The van der Waals surface area contributed by atoms with Crippen LogP contribution in [0.15, 0.2) is 10.5 Å². The van der Waals surface area contributed by atoms with Crippen LogP contribution in [-0.4, -0.2) is 50.4 Å². The number of hydrogen-bond donors (Lipinski definition) is 1. The molecule has 21 heavy (non-hydrogen) atoms. The maximum Gasteiger partial charge on any atom is 0.234 e. The zero-order valence-electron chi connectivity index (χ0n) is 12.7. The molecule has 118 valence electrons. The van der Waals surface area contributed by atoms with E-state index in [-0.39, 0.29) is 30.0 Å². The minimum absolute atomic E-state index is 0.0972. The first-order valence-corrected chi connectivity index (χ1v) is 8.88. The van der Waals surface area contributed by atoms with Crippen LogP contribution in [0, 0.1) is 13.8 Å². The molecule has 1 amide bonds. The molecule has 6 nitrogen and oxygen atoms in total. The predicted molar refractivity (Wildman–Crippen MR) is 79.8 cm³/mol. The van der Waals surface area contributed by atoms with E-state index < -0.39 is 9.84 Å². The molecule has 0 saturated carbocycles. The molecule has 1 aromatic heterocycles. The van der Waals surface area contributed by atoms with Crippen molar-refractivity contribution in [1.82, 2.24) is 10.2 Å². The maximum atomic E-state index is 12.0.